The molecule has 1 fully saturated rings. The molecule has 0 radical (unpaired) electrons. The third-order valence-corrected chi connectivity index (χ3v) is 4.82. The summed E-state index contributed by atoms with van der Waals surface area (Å²) in [5.41, 5.74) is 1.26. The van der Waals surface area contributed by atoms with Gasteiger partial charge in [-0.3, -0.25) is 14.5 Å². The second-order valence-electron chi connectivity index (χ2n) is 7.62. The van der Waals surface area contributed by atoms with Gasteiger partial charge in [0, 0.05) is 31.3 Å². The largest absolute Gasteiger partial charge is 0.464 e. The summed E-state index contributed by atoms with van der Waals surface area (Å²) in [6.07, 6.45) is 1.20. The van der Waals surface area contributed by atoms with Crippen LogP contribution >= 0.6 is 0 Å². The standard InChI is InChI=1S/C21H27N3O3/c1-14-11-18(14)19-10-9-17(27-19)12-24(4)13-20(25)22-16-7-5-15(6-8-16)21(26)23(2)3/h5-10,14,18H,11-13H2,1-4H3,(H,22,25)/t14-,18+/m1/s1. The van der Waals surface area contributed by atoms with Crippen LogP contribution in [0.25, 0.3) is 0 Å². The molecule has 1 aliphatic carbocycles. The van der Waals surface area contributed by atoms with Crippen molar-refractivity contribution in [2.45, 2.75) is 25.8 Å². The van der Waals surface area contributed by atoms with Crippen molar-refractivity contribution < 1.29 is 14.0 Å². The zero-order chi connectivity index (χ0) is 19.6. The molecule has 0 bridgehead atoms. The van der Waals surface area contributed by atoms with Gasteiger partial charge in [-0.05, 0) is 55.8 Å². The highest BCUT2D eigenvalue weighted by Gasteiger charge is 2.36. The third kappa shape index (κ3) is 4.98. The van der Waals surface area contributed by atoms with Crippen LogP contribution in [0.3, 0.4) is 0 Å². The van der Waals surface area contributed by atoms with E-state index in [0.717, 1.165) is 11.5 Å². The maximum atomic E-state index is 12.2. The van der Waals surface area contributed by atoms with E-state index in [1.54, 1.807) is 38.4 Å². The van der Waals surface area contributed by atoms with Crippen LogP contribution in [0.15, 0.2) is 40.8 Å². The zero-order valence-corrected chi connectivity index (χ0v) is 16.4. The van der Waals surface area contributed by atoms with Crippen LogP contribution in [-0.2, 0) is 11.3 Å². The van der Waals surface area contributed by atoms with E-state index in [0.29, 0.717) is 29.6 Å². The monoisotopic (exact) mass is 369 g/mol. The smallest absolute Gasteiger partial charge is 0.253 e. The fraction of sp³-hybridized carbons (Fsp3) is 0.429. The van der Waals surface area contributed by atoms with Gasteiger partial charge in [0.05, 0.1) is 13.1 Å². The lowest BCUT2D eigenvalue weighted by Gasteiger charge is -2.15. The maximum Gasteiger partial charge on any atom is 0.253 e. The Kier molecular flexibility index (Phi) is 5.65. The lowest BCUT2D eigenvalue weighted by Crippen LogP contribution is -2.29. The predicted octanol–water partition coefficient (Wildman–Crippen LogP) is 3.18. The van der Waals surface area contributed by atoms with Gasteiger partial charge in [0.25, 0.3) is 5.91 Å². The number of nitrogens with one attached hydrogen (secondary N) is 1. The molecule has 1 saturated carbocycles. The molecule has 2 atom stereocenters. The Hall–Kier alpha value is -2.60. The number of anilines is 1. The van der Waals surface area contributed by atoms with Crippen LogP contribution in [0.4, 0.5) is 5.69 Å². The molecule has 0 spiro atoms. The third-order valence-electron chi connectivity index (χ3n) is 4.82. The molecule has 1 heterocycles. The fourth-order valence-corrected chi connectivity index (χ4v) is 3.12. The molecule has 6 heteroatoms. The van der Waals surface area contributed by atoms with Crippen molar-refractivity contribution in [1.82, 2.24) is 9.80 Å². The second-order valence-corrected chi connectivity index (χ2v) is 7.62. The summed E-state index contributed by atoms with van der Waals surface area (Å²) in [5, 5.41) is 2.86. The minimum atomic E-state index is -0.105. The highest BCUT2D eigenvalue weighted by molar-refractivity contribution is 5.95. The molecule has 144 valence electrons. The number of furan rings is 1. The van der Waals surface area contributed by atoms with Crippen molar-refractivity contribution in [1.29, 1.82) is 0 Å². The minimum absolute atomic E-state index is 0.0639. The van der Waals surface area contributed by atoms with Crippen molar-refractivity contribution in [3.63, 3.8) is 0 Å². The van der Waals surface area contributed by atoms with Crippen LogP contribution in [0.1, 0.15) is 41.1 Å². The van der Waals surface area contributed by atoms with Gasteiger partial charge in [-0.1, -0.05) is 6.92 Å². The average Bonchev–Trinajstić information content (AvgIpc) is 3.16. The first-order chi connectivity index (χ1) is 12.8. The molecule has 0 aliphatic heterocycles. The van der Waals surface area contributed by atoms with Gasteiger partial charge >= 0.3 is 0 Å². The van der Waals surface area contributed by atoms with Crippen LogP contribution in [-0.4, -0.2) is 49.3 Å². The number of hydrogen-bond acceptors (Lipinski definition) is 4. The summed E-state index contributed by atoms with van der Waals surface area (Å²) in [7, 11) is 5.31. The van der Waals surface area contributed by atoms with Gasteiger partial charge < -0.3 is 14.6 Å². The van der Waals surface area contributed by atoms with E-state index in [1.807, 2.05) is 24.1 Å². The Morgan fingerprint density at radius 1 is 1.11 bits per heavy atom. The van der Waals surface area contributed by atoms with Crippen molar-refractivity contribution in [3.8, 4) is 0 Å². The molecule has 2 aromatic rings. The Morgan fingerprint density at radius 2 is 1.78 bits per heavy atom. The van der Waals surface area contributed by atoms with Crippen LogP contribution in [0.5, 0.6) is 0 Å². The fourth-order valence-electron chi connectivity index (χ4n) is 3.12. The number of hydrogen-bond donors (Lipinski definition) is 1. The number of nitrogens with zero attached hydrogens (tertiary/aromatic N) is 2. The van der Waals surface area contributed by atoms with Crippen molar-refractivity contribution in [2.24, 2.45) is 5.92 Å². The number of amides is 2. The summed E-state index contributed by atoms with van der Waals surface area (Å²) < 4.78 is 5.89. The molecule has 2 amide bonds. The first kappa shape index (κ1) is 19.2. The predicted molar refractivity (Wildman–Crippen MR) is 105 cm³/mol. The summed E-state index contributed by atoms with van der Waals surface area (Å²) in [5.74, 6) is 3.05. The molecular weight excluding hydrogens is 342 g/mol. The summed E-state index contributed by atoms with van der Waals surface area (Å²) in [6.45, 7) is 3.07. The van der Waals surface area contributed by atoms with Crippen LogP contribution in [0.2, 0.25) is 0 Å². The molecule has 1 N–H and O–H groups in total. The first-order valence-electron chi connectivity index (χ1n) is 9.22. The maximum absolute atomic E-state index is 12.2. The molecule has 1 aliphatic rings. The van der Waals surface area contributed by atoms with Crippen molar-refractivity contribution in [2.75, 3.05) is 33.0 Å². The molecule has 0 saturated heterocycles. The van der Waals surface area contributed by atoms with Gasteiger partial charge in [0.2, 0.25) is 5.91 Å². The average molecular weight is 369 g/mol. The van der Waals surface area contributed by atoms with Gasteiger partial charge in [-0.2, -0.15) is 0 Å². The van der Waals surface area contributed by atoms with Crippen LogP contribution < -0.4 is 5.32 Å². The van der Waals surface area contributed by atoms with Gasteiger partial charge in [0.15, 0.2) is 0 Å². The Labute approximate surface area is 160 Å². The van der Waals surface area contributed by atoms with E-state index >= 15 is 0 Å². The molecule has 6 nitrogen and oxygen atoms in total. The highest BCUT2D eigenvalue weighted by Crippen LogP contribution is 2.47. The summed E-state index contributed by atoms with van der Waals surface area (Å²) in [6, 6.07) is 11.0. The van der Waals surface area contributed by atoms with Crippen molar-refractivity contribution >= 4 is 17.5 Å². The number of likely N-dealkylation sites (N-methyl/N-ethyl adjacent to an activating group) is 1. The summed E-state index contributed by atoms with van der Waals surface area (Å²) in [4.78, 5) is 27.6. The van der Waals surface area contributed by atoms with Gasteiger partial charge in [0.1, 0.15) is 11.5 Å². The highest BCUT2D eigenvalue weighted by atomic mass is 16.3. The normalized spacial score (nSPS) is 18.4. The van der Waals surface area contributed by atoms with E-state index in [4.69, 9.17) is 4.42 Å². The lowest BCUT2D eigenvalue weighted by molar-refractivity contribution is -0.117. The quantitative estimate of drug-likeness (QED) is 0.814. The SMILES string of the molecule is C[C@@H]1C[C@@H]1c1ccc(CN(C)CC(=O)Nc2ccc(C(=O)N(C)C)cc2)o1. The first-order valence-corrected chi connectivity index (χ1v) is 9.22. The number of carbonyl (C=O) groups excluding carboxylic acids is 2. The molecule has 1 aromatic carbocycles. The molecule has 0 unspecified atom stereocenters. The molecular formula is C21H27N3O3. The zero-order valence-electron chi connectivity index (χ0n) is 16.4. The number of benzene rings is 1. The number of rotatable bonds is 7. The molecule has 3 rings (SSSR count). The Bertz CT molecular complexity index is 810. The minimum Gasteiger partial charge on any atom is -0.464 e. The summed E-state index contributed by atoms with van der Waals surface area (Å²) >= 11 is 0. The van der Waals surface area contributed by atoms with E-state index in [9.17, 15) is 9.59 Å². The molecule has 1 aromatic heterocycles. The lowest BCUT2D eigenvalue weighted by atomic mass is 10.2. The Balaban J connectivity index is 1.48. The number of carbonyl (C=O) groups is 2. The van der Waals surface area contributed by atoms with Crippen molar-refractivity contribution in [3.05, 3.63) is 53.5 Å². The topological polar surface area (TPSA) is 65.8 Å². The van der Waals surface area contributed by atoms with E-state index in [-0.39, 0.29) is 18.4 Å². The second kappa shape index (κ2) is 7.96. The Morgan fingerprint density at radius 3 is 2.37 bits per heavy atom. The van der Waals surface area contributed by atoms with Gasteiger partial charge in [-0.15, -0.1) is 0 Å². The van der Waals surface area contributed by atoms with Crippen LogP contribution in [0, 0.1) is 5.92 Å². The van der Waals surface area contributed by atoms with E-state index in [1.165, 1.54) is 11.3 Å². The molecule has 27 heavy (non-hydrogen) atoms. The van der Waals surface area contributed by atoms with E-state index < -0.39 is 0 Å². The van der Waals surface area contributed by atoms with E-state index in [2.05, 4.69) is 12.2 Å². The van der Waals surface area contributed by atoms with Gasteiger partial charge in [-0.25, -0.2) is 0 Å².